The van der Waals surface area contributed by atoms with Crippen LogP contribution in [0, 0.1) is 5.92 Å². The monoisotopic (exact) mass is 167 g/mol. The van der Waals surface area contributed by atoms with Crippen molar-refractivity contribution in [1.82, 2.24) is 0 Å². The Morgan fingerprint density at radius 2 is 2.45 bits per heavy atom. The number of hydrogen-bond donors (Lipinski definition) is 1. The molecule has 0 amide bonds. The van der Waals surface area contributed by atoms with E-state index in [0.29, 0.717) is 0 Å². The maximum atomic E-state index is 5.63. The second kappa shape index (κ2) is 2.95. The van der Waals surface area contributed by atoms with Crippen molar-refractivity contribution in [3.05, 3.63) is 22.4 Å². The smallest absolute Gasteiger partial charge is 0.00430 e. The molecule has 2 rings (SSSR count). The standard InChI is InChI=1S/C9H13NS/c10-5-7-1-2-9(7)8-3-4-11-6-8/h3-4,6-7,9H,1-2,5,10H2. The predicted molar refractivity (Wildman–Crippen MR) is 48.8 cm³/mol. The van der Waals surface area contributed by atoms with Crippen LogP contribution in [0.4, 0.5) is 0 Å². The number of hydrogen-bond acceptors (Lipinski definition) is 2. The topological polar surface area (TPSA) is 26.0 Å². The third-order valence-corrected chi connectivity index (χ3v) is 3.39. The summed E-state index contributed by atoms with van der Waals surface area (Å²) < 4.78 is 0. The summed E-state index contributed by atoms with van der Waals surface area (Å²) in [6, 6.07) is 2.23. The van der Waals surface area contributed by atoms with E-state index in [4.69, 9.17) is 5.73 Å². The van der Waals surface area contributed by atoms with E-state index in [1.807, 2.05) is 0 Å². The van der Waals surface area contributed by atoms with Crippen molar-refractivity contribution in [3.63, 3.8) is 0 Å². The van der Waals surface area contributed by atoms with E-state index in [1.165, 1.54) is 18.4 Å². The van der Waals surface area contributed by atoms with Gasteiger partial charge in [-0.15, -0.1) is 0 Å². The summed E-state index contributed by atoms with van der Waals surface area (Å²) in [5.74, 6) is 1.55. The summed E-state index contributed by atoms with van der Waals surface area (Å²) in [5, 5.41) is 4.41. The Bertz CT molecular complexity index is 215. The van der Waals surface area contributed by atoms with E-state index in [2.05, 4.69) is 16.8 Å². The zero-order valence-electron chi connectivity index (χ0n) is 6.49. The van der Waals surface area contributed by atoms with Crippen LogP contribution in [0.2, 0.25) is 0 Å². The molecule has 0 radical (unpaired) electrons. The second-order valence-corrected chi connectivity index (χ2v) is 4.02. The zero-order valence-corrected chi connectivity index (χ0v) is 7.31. The Balaban J connectivity index is 2.07. The highest BCUT2D eigenvalue weighted by atomic mass is 32.1. The van der Waals surface area contributed by atoms with Crippen LogP contribution in [0.25, 0.3) is 0 Å². The molecule has 0 aliphatic heterocycles. The third-order valence-electron chi connectivity index (χ3n) is 2.69. The predicted octanol–water partition coefficient (Wildman–Crippen LogP) is 2.20. The quantitative estimate of drug-likeness (QED) is 0.718. The minimum Gasteiger partial charge on any atom is -0.330 e. The molecule has 60 valence electrons. The summed E-state index contributed by atoms with van der Waals surface area (Å²) in [7, 11) is 0. The van der Waals surface area contributed by atoms with Gasteiger partial charge in [0.1, 0.15) is 0 Å². The Morgan fingerprint density at radius 3 is 2.91 bits per heavy atom. The maximum Gasteiger partial charge on any atom is -0.00430 e. The summed E-state index contributed by atoms with van der Waals surface area (Å²) in [5.41, 5.74) is 7.14. The van der Waals surface area contributed by atoms with Crippen molar-refractivity contribution in [2.45, 2.75) is 18.8 Å². The lowest BCUT2D eigenvalue weighted by atomic mass is 9.71. The largest absolute Gasteiger partial charge is 0.330 e. The molecule has 2 heteroatoms. The fraction of sp³-hybridized carbons (Fsp3) is 0.556. The lowest BCUT2D eigenvalue weighted by molar-refractivity contribution is 0.264. The lowest BCUT2D eigenvalue weighted by Gasteiger charge is -2.35. The van der Waals surface area contributed by atoms with E-state index in [1.54, 1.807) is 11.3 Å². The molecule has 1 aliphatic rings. The molecule has 1 nitrogen and oxygen atoms in total. The van der Waals surface area contributed by atoms with Crippen molar-refractivity contribution in [1.29, 1.82) is 0 Å². The van der Waals surface area contributed by atoms with Crippen LogP contribution in [0.3, 0.4) is 0 Å². The van der Waals surface area contributed by atoms with Crippen molar-refractivity contribution in [2.75, 3.05) is 6.54 Å². The highest BCUT2D eigenvalue weighted by molar-refractivity contribution is 7.07. The van der Waals surface area contributed by atoms with Gasteiger partial charge in [-0.2, -0.15) is 11.3 Å². The lowest BCUT2D eigenvalue weighted by Crippen LogP contribution is -2.30. The van der Waals surface area contributed by atoms with Crippen LogP contribution in [-0.4, -0.2) is 6.54 Å². The third kappa shape index (κ3) is 1.21. The molecule has 0 saturated heterocycles. The summed E-state index contributed by atoms with van der Waals surface area (Å²) in [6.07, 6.45) is 2.68. The Hall–Kier alpha value is -0.340. The van der Waals surface area contributed by atoms with Crippen molar-refractivity contribution < 1.29 is 0 Å². The first kappa shape index (κ1) is 7.32. The fourth-order valence-corrected chi connectivity index (χ4v) is 2.50. The summed E-state index contributed by atoms with van der Waals surface area (Å²) in [6.45, 7) is 0.862. The molecule has 2 atom stereocenters. The minimum atomic E-state index is 0.768. The molecule has 1 saturated carbocycles. The van der Waals surface area contributed by atoms with Crippen LogP contribution >= 0.6 is 11.3 Å². The van der Waals surface area contributed by atoms with Gasteiger partial charge in [-0.1, -0.05) is 0 Å². The molecule has 0 bridgehead atoms. The Kier molecular flexibility index (Phi) is 1.96. The maximum absolute atomic E-state index is 5.63. The fourth-order valence-electron chi connectivity index (χ4n) is 1.78. The molecule has 2 unspecified atom stereocenters. The normalized spacial score (nSPS) is 29.9. The number of nitrogens with two attached hydrogens (primary N) is 1. The van der Waals surface area contributed by atoms with Gasteiger partial charge in [-0.25, -0.2) is 0 Å². The summed E-state index contributed by atoms with van der Waals surface area (Å²) in [4.78, 5) is 0. The van der Waals surface area contributed by atoms with Crippen LogP contribution in [0.5, 0.6) is 0 Å². The van der Waals surface area contributed by atoms with E-state index < -0.39 is 0 Å². The SMILES string of the molecule is NCC1CCC1c1ccsc1. The van der Waals surface area contributed by atoms with Crippen LogP contribution in [-0.2, 0) is 0 Å². The van der Waals surface area contributed by atoms with Gasteiger partial charge >= 0.3 is 0 Å². The van der Waals surface area contributed by atoms with E-state index in [9.17, 15) is 0 Å². The van der Waals surface area contributed by atoms with Gasteiger partial charge < -0.3 is 5.73 Å². The first-order valence-corrected chi connectivity index (χ1v) is 5.08. The summed E-state index contributed by atoms with van der Waals surface area (Å²) >= 11 is 1.79. The molecule has 1 aliphatic carbocycles. The first-order chi connectivity index (χ1) is 5.42. The second-order valence-electron chi connectivity index (χ2n) is 3.24. The number of rotatable bonds is 2. The minimum absolute atomic E-state index is 0.768. The average Bonchev–Trinajstić information content (AvgIpc) is 2.39. The number of thiophene rings is 1. The average molecular weight is 167 g/mol. The van der Waals surface area contributed by atoms with Gasteiger partial charge in [0.25, 0.3) is 0 Å². The van der Waals surface area contributed by atoms with Crippen molar-refractivity contribution in [3.8, 4) is 0 Å². The Morgan fingerprint density at radius 1 is 1.55 bits per heavy atom. The van der Waals surface area contributed by atoms with Crippen molar-refractivity contribution in [2.24, 2.45) is 11.7 Å². The Labute approximate surface area is 71.2 Å². The highest BCUT2D eigenvalue weighted by Gasteiger charge is 2.30. The molecule has 1 aromatic heterocycles. The van der Waals surface area contributed by atoms with Gasteiger partial charge in [0.15, 0.2) is 0 Å². The van der Waals surface area contributed by atoms with Crippen LogP contribution in [0.15, 0.2) is 16.8 Å². The van der Waals surface area contributed by atoms with E-state index >= 15 is 0 Å². The molecular formula is C9H13NS. The first-order valence-electron chi connectivity index (χ1n) is 4.14. The molecule has 11 heavy (non-hydrogen) atoms. The molecule has 1 aromatic rings. The van der Waals surface area contributed by atoms with Gasteiger partial charge in [-0.3, -0.25) is 0 Å². The van der Waals surface area contributed by atoms with Gasteiger partial charge in [-0.05, 0) is 53.6 Å². The highest BCUT2D eigenvalue weighted by Crippen LogP contribution is 2.42. The molecule has 1 fully saturated rings. The van der Waals surface area contributed by atoms with Crippen LogP contribution in [0.1, 0.15) is 24.3 Å². The van der Waals surface area contributed by atoms with E-state index in [0.717, 1.165) is 18.4 Å². The van der Waals surface area contributed by atoms with E-state index in [-0.39, 0.29) is 0 Å². The zero-order chi connectivity index (χ0) is 7.68. The van der Waals surface area contributed by atoms with Gasteiger partial charge in [0.2, 0.25) is 0 Å². The van der Waals surface area contributed by atoms with Crippen LogP contribution < -0.4 is 5.73 Å². The van der Waals surface area contributed by atoms with Gasteiger partial charge in [0.05, 0.1) is 0 Å². The van der Waals surface area contributed by atoms with Gasteiger partial charge in [0, 0.05) is 0 Å². The molecule has 0 aromatic carbocycles. The molecule has 2 N–H and O–H groups in total. The molecule has 0 spiro atoms. The molecule has 1 heterocycles. The van der Waals surface area contributed by atoms with Crippen molar-refractivity contribution >= 4 is 11.3 Å². The molecular weight excluding hydrogens is 154 g/mol.